The molecule has 2 rings (SSSR count). The third kappa shape index (κ3) is 3.24. The molecule has 0 saturated carbocycles. The zero-order valence-electron chi connectivity index (χ0n) is 8.58. The van der Waals surface area contributed by atoms with Crippen LogP contribution in [0.5, 0.6) is 11.5 Å². The number of hydrogen-bond acceptors (Lipinski definition) is 2. The summed E-state index contributed by atoms with van der Waals surface area (Å²) in [6.45, 7) is 0. The molecule has 2 aromatic rings. The molecule has 0 bridgehead atoms. The van der Waals surface area contributed by atoms with Crippen LogP contribution in [0, 0.1) is 0 Å². The van der Waals surface area contributed by atoms with Crippen molar-refractivity contribution < 1.29 is 4.74 Å². The molecule has 2 N–H and O–H groups in total. The second kappa shape index (κ2) is 5.42. The highest BCUT2D eigenvalue weighted by Gasteiger charge is 2.07. The van der Waals surface area contributed by atoms with Crippen LogP contribution < -0.4 is 10.5 Å². The Balaban J connectivity index is 2.30. The molecule has 0 spiro atoms. The van der Waals surface area contributed by atoms with E-state index in [0.29, 0.717) is 5.69 Å². The topological polar surface area (TPSA) is 35.2 Å². The Labute approximate surface area is 125 Å². The van der Waals surface area contributed by atoms with Gasteiger partial charge in [0.05, 0.1) is 4.47 Å². The minimum absolute atomic E-state index is 0.716. The minimum atomic E-state index is 0.716. The molecule has 0 fully saturated rings. The summed E-state index contributed by atoms with van der Waals surface area (Å²) in [6, 6.07) is 11.1. The Morgan fingerprint density at radius 1 is 0.824 bits per heavy atom. The predicted molar refractivity (Wildman–Crippen MR) is 80.5 cm³/mol. The maximum absolute atomic E-state index is 5.75. The van der Waals surface area contributed by atoms with Crippen molar-refractivity contribution in [2.75, 3.05) is 5.73 Å². The Morgan fingerprint density at radius 2 is 1.41 bits per heavy atom. The number of ether oxygens (including phenoxy) is 1. The highest BCUT2D eigenvalue weighted by Crippen LogP contribution is 2.36. The lowest BCUT2D eigenvalue weighted by Crippen LogP contribution is -1.88. The van der Waals surface area contributed by atoms with Gasteiger partial charge in [0.25, 0.3) is 0 Å². The van der Waals surface area contributed by atoms with Crippen molar-refractivity contribution in [1.29, 1.82) is 0 Å². The minimum Gasteiger partial charge on any atom is -0.456 e. The fourth-order valence-electron chi connectivity index (χ4n) is 1.25. The summed E-state index contributed by atoms with van der Waals surface area (Å²) in [4.78, 5) is 0. The molecule has 88 valence electrons. The van der Waals surface area contributed by atoms with Crippen LogP contribution in [-0.2, 0) is 0 Å². The number of nitrogens with two attached hydrogens (primary N) is 1. The van der Waals surface area contributed by atoms with Crippen LogP contribution in [0.4, 0.5) is 5.69 Å². The fraction of sp³-hybridized carbons (Fsp3) is 0. The van der Waals surface area contributed by atoms with Crippen LogP contribution in [0.3, 0.4) is 0 Å². The van der Waals surface area contributed by atoms with Crippen molar-refractivity contribution in [3.8, 4) is 11.5 Å². The fourth-order valence-corrected chi connectivity index (χ4v) is 2.64. The van der Waals surface area contributed by atoms with E-state index < -0.39 is 0 Å². The molecule has 0 unspecified atom stereocenters. The van der Waals surface area contributed by atoms with Gasteiger partial charge in [-0.1, -0.05) is 0 Å². The first-order chi connectivity index (χ1) is 8.06. The number of halogens is 3. The van der Waals surface area contributed by atoms with E-state index in [0.717, 1.165) is 24.9 Å². The van der Waals surface area contributed by atoms with Crippen LogP contribution in [0.15, 0.2) is 49.8 Å². The van der Waals surface area contributed by atoms with Gasteiger partial charge in [0, 0.05) is 14.6 Å². The number of nitrogen functional groups attached to an aromatic ring is 1. The highest BCUT2D eigenvalue weighted by molar-refractivity contribution is 9.13. The molecule has 2 aromatic carbocycles. The van der Waals surface area contributed by atoms with Gasteiger partial charge in [-0.05, 0) is 84.2 Å². The van der Waals surface area contributed by atoms with Gasteiger partial charge in [-0.2, -0.15) is 0 Å². The van der Waals surface area contributed by atoms with Gasteiger partial charge in [0.2, 0.25) is 0 Å². The molecule has 0 saturated heterocycles. The summed E-state index contributed by atoms with van der Waals surface area (Å²) in [5.41, 5.74) is 6.33. The molecule has 0 atom stereocenters. The summed E-state index contributed by atoms with van der Waals surface area (Å²) in [5, 5.41) is 0. The molecule has 0 aliphatic rings. The first kappa shape index (κ1) is 12.9. The lowest BCUT2D eigenvalue weighted by molar-refractivity contribution is 0.479. The van der Waals surface area contributed by atoms with Gasteiger partial charge in [-0.15, -0.1) is 0 Å². The smallest absolute Gasteiger partial charge is 0.142 e. The van der Waals surface area contributed by atoms with Crippen LogP contribution in [-0.4, -0.2) is 0 Å². The largest absolute Gasteiger partial charge is 0.456 e. The molecular formula is C12H8Br3NO. The summed E-state index contributed by atoms with van der Waals surface area (Å²) in [7, 11) is 0. The first-order valence-electron chi connectivity index (χ1n) is 4.74. The quantitative estimate of drug-likeness (QED) is 0.524. The lowest BCUT2D eigenvalue weighted by atomic mass is 10.3. The zero-order chi connectivity index (χ0) is 12.4. The van der Waals surface area contributed by atoms with Crippen LogP contribution >= 0.6 is 47.8 Å². The highest BCUT2D eigenvalue weighted by atomic mass is 79.9. The van der Waals surface area contributed by atoms with Crippen molar-refractivity contribution in [3.63, 3.8) is 0 Å². The average Bonchev–Trinajstić information content (AvgIpc) is 2.29. The molecule has 0 aliphatic carbocycles. The van der Waals surface area contributed by atoms with Crippen LogP contribution in [0.2, 0.25) is 0 Å². The van der Waals surface area contributed by atoms with E-state index in [2.05, 4.69) is 47.8 Å². The van der Waals surface area contributed by atoms with Crippen molar-refractivity contribution >= 4 is 53.5 Å². The van der Waals surface area contributed by atoms with Gasteiger partial charge in [0.1, 0.15) is 11.5 Å². The number of rotatable bonds is 2. The molecular weight excluding hydrogens is 414 g/mol. The van der Waals surface area contributed by atoms with E-state index in [-0.39, 0.29) is 0 Å². The molecule has 0 aromatic heterocycles. The molecule has 0 aliphatic heterocycles. The number of benzene rings is 2. The monoisotopic (exact) mass is 419 g/mol. The van der Waals surface area contributed by atoms with E-state index >= 15 is 0 Å². The normalized spacial score (nSPS) is 10.3. The van der Waals surface area contributed by atoms with Crippen molar-refractivity contribution in [2.24, 2.45) is 0 Å². The van der Waals surface area contributed by atoms with E-state index in [1.165, 1.54) is 0 Å². The van der Waals surface area contributed by atoms with Gasteiger partial charge < -0.3 is 10.5 Å². The van der Waals surface area contributed by atoms with Crippen molar-refractivity contribution in [2.45, 2.75) is 0 Å². The summed E-state index contributed by atoms with van der Waals surface area (Å²) in [6.07, 6.45) is 0. The van der Waals surface area contributed by atoms with E-state index in [1.54, 1.807) is 12.1 Å². The van der Waals surface area contributed by atoms with E-state index in [9.17, 15) is 0 Å². The van der Waals surface area contributed by atoms with Crippen LogP contribution in [0.1, 0.15) is 0 Å². The second-order valence-corrected chi connectivity index (χ2v) is 5.93. The molecule has 0 heterocycles. The van der Waals surface area contributed by atoms with Gasteiger partial charge in [0.15, 0.2) is 0 Å². The average molecular weight is 422 g/mol. The zero-order valence-corrected chi connectivity index (χ0v) is 13.3. The van der Waals surface area contributed by atoms with E-state index in [1.807, 2.05) is 24.3 Å². The third-order valence-corrected chi connectivity index (χ3v) is 4.55. The van der Waals surface area contributed by atoms with Gasteiger partial charge in [-0.25, -0.2) is 0 Å². The Bertz CT molecular complexity index is 540. The summed E-state index contributed by atoms with van der Waals surface area (Å²) >= 11 is 10.3. The second-order valence-electron chi connectivity index (χ2n) is 3.37. The maximum Gasteiger partial charge on any atom is 0.142 e. The molecule has 2 nitrogen and oxygen atoms in total. The summed E-state index contributed by atoms with van der Waals surface area (Å²) in [5.74, 6) is 1.49. The molecule has 17 heavy (non-hydrogen) atoms. The molecule has 0 radical (unpaired) electrons. The lowest BCUT2D eigenvalue weighted by Gasteiger charge is -2.09. The number of anilines is 1. The Hall–Kier alpha value is -0.520. The van der Waals surface area contributed by atoms with Crippen molar-refractivity contribution in [3.05, 3.63) is 49.8 Å². The third-order valence-electron chi connectivity index (χ3n) is 2.08. The SMILES string of the molecule is Nc1ccc(Oc2cc(Br)c(Br)cc2Br)cc1. The predicted octanol–water partition coefficient (Wildman–Crippen LogP) is 5.35. The standard InChI is InChI=1S/C12H8Br3NO/c13-9-5-11(15)12(6-10(9)14)17-8-3-1-7(16)2-4-8/h1-6H,16H2. The maximum atomic E-state index is 5.75. The van der Waals surface area contributed by atoms with Gasteiger partial charge in [-0.3, -0.25) is 0 Å². The van der Waals surface area contributed by atoms with E-state index in [4.69, 9.17) is 10.5 Å². The van der Waals surface area contributed by atoms with Crippen molar-refractivity contribution in [1.82, 2.24) is 0 Å². The summed E-state index contributed by atoms with van der Waals surface area (Å²) < 4.78 is 8.53. The first-order valence-corrected chi connectivity index (χ1v) is 7.12. The van der Waals surface area contributed by atoms with Gasteiger partial charge >= 0.3 is 0 Å². The molecule has 0 amide bonds. The Morgan fingerprint density at radius 3 is 2.06 bits per heavy atom. The number of hydrogen-bond donors (Lipinski definition) is 1. The Kier molecular flexibility index (Phi) is 4.12. The molecule has 5 heteroatoms. The van der Waals surface area contributed by atoms with Crippen LogP contribution in [0.25, 0.3) is 0 Å².